The van der Waals surface area contributed by atoms with E-state index in [1.807, 2.05) is 0 Å². The summed E-state index contributed by atoms with van der Waals surface area (Å²) in [6.07, 6.45) is -0.311. The van der Waals surface area contributed by atoms with Crippen LogP contribution in [0.4, 0.5) is 8.78 Å². The quantitative estimate of drug-likeness (QED) is 0.644. The highest BCUT2D eigenvalue weighted by molar-refractivity contribution is 5.82. The highest BCUT2D eigenvalue weighted by atomic mass is 19.3. The molecule has 0 radical (unpaired) electrons. The summed E-state index contributed by atoms with van der Waals surface area (Å²) in [6.45, 7) is 1.10. The second-order valence-electron chi connectivity index (χ2n) is 3.01. The first-order valence-corrected chi connectivity index (χ1v) is 4.07. The molecule has 1 rings (SSSR count). The topological polar surface area (TPSA) is 26.3 Å². The fraction of sp³-hybridized carbons (Fsp3) is 0.875. The molecule has 0 spiro atoms. The number of hydrogen-bond donors (Lipinski definition) is 0. The standard InChI is InChI=1S/C8H12F2O2/c1-2-6(11)7-3-4-8(9,10)5-12-7/h7H,2-5H2,1H3. The first-order chi connectivity index (χ1) is 5.55. The number of rotatable bonds is 2. The van der Waals surface area contributed by atoms with E-state index in [2.05, 4.69) is 0 Å². The maximum absolute atomic E-state index is 12.5. The van der Waals surface area contributed by atoms with E-state index in [4.69, 9.17) is 4.74 Å². The van der Waals surface area contributed by atoms with Crippen molar-refractivity contribution in [2.24, 2.45) is 0 Å². The van der Waals surface area contributed by atoms with Gasteiger partial charge in [-0.2, -0.15) is 0 Å². The van der Waals surface area contributed by atoms with Gasteiger partial charge in [0.25, 0.3) is 5.92 Å². The summed E-state index contributed by atoms with van der Waals surface area (Å²) < 4.78 is 29.8. The molecule has 0 N–H and O–H groups in total. The summed E-state index contributed by atoms with van der Waals surface area (Å²) in [6, 6.07) is 0. The highest BCUT2D eigenvalue weighted by Gasteiger charge is 2.37. The number of hydrogen-bond acceptors (Lipinski definition) is 2. The van der Waals surface area contributed by atoms with Gasteiger partial charge in [-0.3, -0.25) is 4.79 Å². The zero-order valence-corrected chi connectivity index (χ0v) is 6.98. The Morgan fingerprint density at radius 1 is 1.67 bits per heavy atom. The second kappa shape index (κ2) is 3.47. The van der Waals surface area contributed by atoms with Crippen molar-refractivity contribution in [3.05, 3.63) is 0 Å². The van der Waals surface area contributed by atoms with Crippen molar-refractivity contribution in [3.63, 3.8) is 0 Å². The lowest BCUT2D eigenvalue weighted by Gasteiger charge is -2.27. The van der Waals surface area contributed by atoms with Gasteiger partial charge < -0.3 is 4.74 Å². The lowest BCUT2D eigenvalue weighted by atomic mass is 10.0. The van der Waals surface area contributed by atoms with Crippen molar-refractivity contribution in [2.45, 2.75) is 38.2 Å². The van der Waals surface area contributed by atoms with Crippen LogP contribution in [0.1, 0.15) is 26.2 Å². The third-order valence-corrected chi connectivity index (χ3v) is 1.98. The minimum atomic E-state index is -2.73. The van der Waals surface area contributed by atoms with Crippen molar-refractivity contribution in [1.29, 1.82) is 0 Å². The van der Waals surface area contributed by atoms with Gasteiger partial charge in [-0.1, -0.05) is 6.92 Å². The van der Waals surface area contributed by atoms with Crippen LogP contribution in [0.25, 0.3) is 0 Å². The maximum atomic E-state index is 12.5. The van der Waals surface area contributed by atoms with Gasteiger partial charge in [0, 0.05) is 12.8 Å². The summed E-state index contributed by atoms with van der Waals surface area (Å²) in [7, 11) is 0. The molecule has 1 atom stereocenters. The van der Waals surface area contributed by atoms with Crippen LogP contribution in [-0.4, -0.2) is 24.4 Å². The number of ether oxygens (including phenoxy) is 1. The molecule has 0 aliphatic carbocycles. The van der Waals surface area contributed by atoms with Crippen LogP contribution in [0.3, 0.4) is 0 Å². The van der Waals surface area contributed by atoms with Crippen LogP contribution < -0.4 is 0 Å². The molecule has 0 aromatic carbocycles. The number of carbonyl (C=O) groups excluding carboxylic acids is 1. The summed E-state index contributed by atoms with van der Waals surface area (Å²) in [4.78, 5) is 11.0. The third-order valence-electron chi connectivity index (χ3n) is 1.98. The molecule has 0 amide bonds. The molecular formula is C8H12F2O2. The van der Waals surface area contributed by atoms with Gasteiger partial charge in [0.2, 0.25) is 0 Å². The Morgan fingerprint density at radius 2 is 2.33 bits per heavy atom. The van der Waals surface area contributed by atoms with E-state index in [1.54, 1.807) is 6.92 Å². The van der Waals surface area contributed by atoms with Gasteiger partial charge in [0.1, 0.15) is 12.7 Å². The lowest BCUT2D eigenvalue weighted by molar-refractivity contribution is -0.160. The van der Waals surface area contributed by atoms with Crippen LogP contribution >= 0.6 is 0 Å². The van der Waals surface area contributed by atoms with E-state index in [0.29, 0.717) is 6.42 Å². The molecule has 2 nitrogen and oxygen atoms in total. The minimum Gasteiger partial charge on any atom is -0.364 e. The van der Waals surface area contributed by atoms with Crippen molar-refractivity contribution in [2.75, 3.05) is 6.61 Å². The van der Waals surface area contributed by atoms with E-state index in [9.17, 15) is 13.6 Å². The predicted molar refractivity (Wildman–Crippen MR) is 39.2 cm³/mol. The van der Waals surface area contributed by atoms with E-state index < -0.39 is 18.6 Å². The molecule has 1 unspecified atom stereocenters. The molecule has 12 heavy (non-hydrogen) atoms. The Labute approximate surface area is 69.9 Å². The Bertz CT molecular complexity index is 170. The summed E-state index contributed by atoms with van der Waals surface area (Å²) >= 11 is 0. The van der Waals surface area contributed by atoms with Gasteiger partial charge in [-0.05, 0) is 6.42 Å². The zero-order chi connectivity index (χ0) is 9.19. The summed E-state index contributed by atoms with van der Waals surface area (Å²) in [5.41, 5.74) is 0. The molecule has 1 aliphatic heterocycles. The van der Waals surface area contributed by atoms with Crippen molar-refractivity contribution < 1.29 is 18.3 Å². The molecule has 70 valence electrons. The molecule has 4 heteroatoms. The highest BCUT2D eigenvalue weighted by Crippen LogP contribution is 2.28. The van der Waals surface area contributed by atoms with Gasteiger partial charge >= 0.3 is 0 Å². The van der Waals surface area contributed by atoms with Crippen LogP contribution in [0.2, 0.25) is 0 Å². The first-order valence-electron chi connectivity index (χ1n) is 4.07. The van der Waals surface area contributed by atoms with Crippen molar-refractivity contribution in [1.82, 2.24) is 0 Å². The number of carbonyl (C=O) groups is 1. The lowest BCUT2D eigenvalue weighted by Crippen LogP contribution is -2.38. The van der Waals surface area contributed by atoms with Crippen LogP contribution in [-0.2, 0) is 9.53 Å². The zero-order valence-electron chi connectivity index (χ0n) is 6.98. The molecule has 1 heterocycles. The molecule has 0 aromatic heterocycles. The monoisotopic (exact) mass is 178 g/mol. The second-order valence-corrected chi connectivity index (χ2v) is 3.01. The number of halogens is 2. The minimum absolute atomic E-state index is 0.0782. The molecule has 0 saturated carbocycles. The Morgan fingerprint density at radius 3 is 2.75 bits per heavy atom. The van der Waals surface area contributed by atoms with Gasteiger partial charge in [-0.25, -0.2) is 8.78 Å². The van der Waals surface area contributed by atoms with Gasteiger partial charge in [0.05, 0.1) is 0 Å². The van der Waals surface area contributed by atoms with Crippen LogP contribution in [0.15, 0.2) is 0 Å². The Kier molecular flexibility index (Phi) is 2.77. The van der Waals surface area contributed by atoms with E-state index in [-0.39, 0.29) is 18.6 Å². The SMILES string of the molecule is CCC(=O)C1CCC(F)(F)CO1. The predicted octanol–water partition coefficient (Wildman–Crippen LogP) is 1.78. The molecule has 1 aliphatic rings. The molecule has 1 saturated heterocycles. The Balaban J connectivity index is 2.41. The maximum Gasteiger partial charge on any atom is 0.271 e. The van der Waals surface area contributed by atoms with Crippen LogP contribution in [0.5, 0.6) is 0 Å². The molecular weight excluding hydrogens is 166 g/mol. The fourth-order valence-corrected chi connectivity index (χ4v) is 1.20. The fourth-order valence-electron chi connectivity index (χ4n) is 1.20. The smallest absolute Gasteiger partial charge is 0.271 e. The number of Topliss-reactive ketones (excluding diaryl/α,β-unsaturated/α-hetero) is 1. The first kappa shape index (κ1) is 9.58. The van der Waals surface area contributed by atoms with E-state index in [0.717, 1.165) is 0 Å². The summed E-state index contributed by atoms with van der Waals surface area (Å²) in [5.74, 6) is -2.81. The largest absolute Gasteiger partial charge is 0.364 e. The van der Waals surface area contributed by atoms with Crippen LogP contribution in [0, 0.1) is 0 Å². The average molecular weight is 178 g/mol. The van der Waals surface area contributed by atoms with Gasteiger partial charge in [0.15, 0.2) is 5.78 Å². The average Bonchev–Trinajstić information content (AvgIpc) is 2.03. The Hall–Kier alpha value is -0.510. The number of alkyl halides is 2. The molecule has 0 bridgehead atoms. The van der Waals surface area contributed by atoms with Crippen molar-refractivity contribution >= 4 is 5.78 Å². The molecule has 1 fully saturated rings. The molecule has 0 aromatic rings. The summed E-state index contributed by atoms with van der Waals surface area (Å²) in [5, 5.41) is 0. The number of ketones is 1. The normalized spacial score (nSPS) is 28.4. The third kappa shape index (κ3) is 2.24. The van der Waals surface area contributed by atoms with E-state index >= 15 is 0 Å². The van der Waals surface area contributed by atoms with Gasteiger partial charge in [-0.15, -0.1) is 0 Å². The van der Waals surface area contributed by atoms with E-state index in [1.165, 1.54) is 0 Å². The van der Waals surface area contributed by atoms with Crippen molar-refractivity contribution in [3.8, 4) is 0 Å².